The highest BCUT2D eigenvalue weighted by molar-refractivity contribution is 5.98. The maximum Gasteiger partial charge on any atom is 0.335 e. The number of carbonyl (C=O) groups excluding carboxylic acids is 1. The van der Waals surface area contributed by atoms with E-state index in [-0.39, 0.29) is 17.4 Å². The first kappa shape index (κ1) is 22.0. The quantitative estimate of drug-likeness (QED) is 0.321. The maximum atomic E-state index is 12.8. The summed E-state index contributed by atoms with van der Waals surface area (Å²) in [7, 11) is 0. The van der Waals surface area contributed by atoms with Crippen LogP contribution in [0.4, 0.5) is 11.4 Å². The number of carboxylic acid groups (broad SMARTS) is 1. The van der Waals surface area contributed by atoms with Gasteiger partial charge in [-0.3, -0.25) is 4.79 Å². The Bertz CT molecular complexity index is 560. The molecule has 5 heteroatoms. The molecular formula is C21H34N2O3. The van der Waals surface area contributed by atoms with Crippen LogP contribution in [0.3, 0.4) is 0 Å². The lowest BCUT2D eigenvalue weighted by Gasteiger charge is -2.18. The molecule has 26 heavy (non-hydrogen) atoms. The molecule has 0 bridgehead atoms. The van der Waals surface area contributed by atoms with Crippen molar-refractivity contribution in [2.24, 2.45) is 5.92 Å². The molecule has 0 fully saturated rings. The summed E-state index contributed by atoms with van der Waals surface area (Å²) in [6, 6.07) is 4.40. The van der Waals surface area contributed by atoms with Gasteiger partial charge < -0.3 is 16.2 Å². The fourth-order valence-corrected chi connectivity index (χ4v) is 3.07. The normalized spacial score (nSPS) is 10.9. The van der Waals surface area contributed by atoms with Crippen LogP contribution < -0.4 is 11.1 Å². The van der Waals surface area contributed by atoms with E-state index in [1.54, 1.807) is 0 Å². The summed E-state index contributed by atoms with van der Waals surface area (Å²) < 4.78 is 0. The first-order chi connectivity index (χ1) is 12.5. The summed E-state index contributed by atoms with van der Waals surface area (Å²) >= 11 is 0. The van der Waals surface area contributed by atoms with Gasteiger partial charge in [0.2, 0.25) is 5.91 Å². The summed E-state index contributed by atoms with van der Waals surface area (Å²) in [5, 5.41) is 12.0. The molecule has 5 nitrogen and oxygen atoms in total. The van der Waals surface area contributed by atoms with E-state index in [1.807, 2.05) is 0 Å². The Morgan fingerprint density at radius 1 is 1.00 bits per heavy atom. The van der Waals surface area contributed by atoms with Crippen molar-refractivity contribution in [3.05, 3.63) is 23.8 Å². The molecule has 0 radical (unpaired) electrons. The zero-order chi connectivity index (χ0) is 19.4. The number of rotatable bonds is 13. The van der Waals surface area contributed by atoms with E-state index in [9.17, 15) is 9.59 Å². The van der Waals surface area contributed by atoms with Crippen LogP contribution in [0, 0.1) is 5.92 Å². The molecule has 146 valence electrons. The molecule has 0 heterocycles. The van der Waals surface area contributed by atoms with Crippen molar-refractivity contribution in [3.63, 3.8) is 0 Å². The van der Waals surface area contributed by atoms with Crippen molar-refractivity contribution >= 4 is 23.3 Å². The van der Waals surface area contributed by atoms with Crippen molar-refractivity contribution in [1.82, 2.24) is 0 Å². The number of nitrogen functional groups attached to an aromatic ring is 1. The van der Waals surface area contributed by atoms with Crippen LogP contribution in [-0.2, 0) is 4.79 Å². The minimum atomic E-state index is -1.03. The molecule has 1 amide bonds. The molecule has 0 aliphatic heterocycles. The van der Waals surface area contributed by atoms with Gasteiger partial charge in [0.15, 0.2) is 0 Å². The molecule has 0 unspecified atom stereocenters. The van der Waals surface area contributed by atoms with Crippen LogP contribution in [0.15, 0.2) is 18.2 Å². The highest BCUT2D eigenvalue weighted by atomic mass is 16.4. The molecule has 1 aromatic rings. The van der Waals surface area contributed by atoms with Gasteiger partial charge in [0.05, 0.1) is 16.9 Å². The van der Waals surface area contributed by atoms with Crippen molar-refractivity contribution < 1.29 is 14.7 Å². The van der Waals surface area contributed by atoms with E-state index in [0.717, 1.165) is 38.5 Å². The molecule has 1 rings (SSSR count). The second kappa shape index (κ2) is 12.3. The first-order valence-corrected chi connectivity index (χ1v) is 9.93. The third kappa shape index (κ3) is 7.89. The number of anilines is 2. The fraction of sp³-hybridized carbons (Fsp3) is 0.619. The molecule has 4 N–H and O–H groups in total. The van der Waals surface area contributed by atoms with E-state index in [4.69, 9.17) is 10.8 Å². The number of hydrogen-bond donors (Lipinski definition) is 3. The Hall–Kier alpha value is -2.04. The Labute approximate surface area is 157 Å². The maximum absolute atomic E-state index is 12.8. The molecule has 0 aromatic heterocycles. The minimum Gasteiger partial charge on any atom is -0.478 e. The van der Waals surface area contributed by atoms with Crippen LogP contribution >= 0.6 is 0 Å². The predicted molar refractivity (Wildman–Crippen MR) is 107 cm³/mol. The largest absolute Gasteiger partial charge is 0.478 e. The number of amides is 1. The summed E-state index contributed by atoms with van der Waals surface area (Å²) in [4.78, 5) is 23.9. The van der Waals surface area contributed by atoms with Crippen molar-refractivity contribution in [3.8, 4) is 0 Å². The minimum absolute atomic E-state index is 0.0448. The highest BCUT2D eigenvalue weighted by Gasteiger charge is 2.19. The van der Waals surface area contributed by atoms with Gasteiger partial charge in [-0.2, -0.15) is 0 Å². The van der Waals surface area contributed by atoms with E-state index in [1.165, 1.54) is 43.9 Å². The van der Waals surface area contributed by atoms with E-state index >= 15 is 0 Å². The number of aromatic carboxylic acids is 1. The monoisotopic (exact) mass is 362 g/mol. The summed E-state index contributed by atoms with van der Waals surface area (Å²) in [5.41, 5.74) is 6.81. The van der Waals surface area contributed by atoms with Gasteiger partial charge in [-0.15, -0.1) is 0 Å². The summed E-state index contributed by atoms with van der Waals surface area (Å²) in [5.74, 6) is -1.12. The second-order valence-electron chi connectivity index (χ2n) is 6.99. The topological polar surface area (TPSA) is 92.4 Å². The zero-order valence-corrected chi connectivity index (χ0v) is 16.2. The Kier molecular flexibility index (Phi) is 10.4. The number of benzene rings is 1. The molecule has 0 spiro atoms. The van der Waals surface area contributed by atoms with Gasteiger partial charge in [0.25, 0.3) is 0 Å². The van der Waals surface area contributed by atoms with Crippen molar-refractivity contribution in [2.45, 2.75) is 78.1 Å². The van der Waals surface area contributed by atoms with E-state index in [2.05, 4.69) is 19.2 Å². The first-order valence-electron chi connectivity index (χ1n) is 9.93. The van der Waals surface area contributed by atoms with Gasteiger partial charge >= 0.3 is 5.97 Å². The number of carbonyl (C=O) groups is 2. The lowest BCUT2D eigenvalue weighted by Crippen LogP contribution is -2.23. The van der Waals surface area contributed by atoms with Crippen LogP contribution in [0.1, 0.15) is 88.4 Å². The summed E-state index contributed by atoms with van der Waals surface area (Å²) in [6.45, 7) is 4.35. The Balaban J connectivity index is 2.73. The molecular weight excluding hydrogens is 328 g/mol. The molecule has 0 aliphatic carbocycles. The number of unbranched alkanes of at least 4 members (excludes halogenated alkanes) is 6. The molecule has 0 saturated carbocycles. The van der Waals surface area contributed by atoms with Crippen LogP contribution in [0.25, 0.3) is 0 Å². The number of nitrogens with one attached hydrogen (secondary N) is 1. The van der Waals surface area contributed by atoms with E-state index in [0.29, 0.717) is 11.4 Å². The number of carboxylic acids is 1. The molecule has 0 aliphatic rings. The van der Waals surface area contributed by atoms with Gasteiger partial charge in [0.1, 0.15) is 0 Å². The van der Waals surface area contributed by atoms with Gasteiger partial charge in [-0.05, 0) is 31.0 Å². The van der Waals surface area contributed by atoms with Crippen LogP contribution in [0.5, 0.6) is 0 Å². The Morgan fingerprint density at radius 2 is 1.58 bits per heavy atom. The third-order valence-electron chi connectivity index (χ3n) is 4.74. The third-order valence-corrected chi connectivity index (χ3v) is 4.74. The number of nitrogens with two attached hydrogens (primary N) is 1. The van der Waals surface area contributed by atoms with Crippen LogP contribution in [0.2, 0.25) is 0 Å². The fourth-order valence-electron chi connectivity index (χ4n) is 3.07. The molecule has 0 atom stereocenters. The van der Waals surface area contributed by atoms with Gasteiger partial charge in [-0.25, -0.2) is 4.79 Å². The lowest BCUT2D eigenvalue weighted by atomic mass is 9.93. The zero-order valence-electron chi connectivity index (χ0n) is 16.2. The van der Waals surface area contributed by atoms with Crippen molar-refractivity contribution in [1.29, 1.82) is 0 Å². The molecule has 0 saturated heterocycles. The molecule has 1 aromatic carbocycles. The van der Waals surface area contributed by atoms with Crippen molar-refractivity contribution in [2.75, 3.05) is 11.1 Å². The summed E-state index contributed by atoms with van der Waals surface area (Å²) in [6.07, 6.45) is 10.9. The number of hydrogen-bond acceptors (Lipinski definition) is 3. The van der Waals surface area contributed by atoms with Crippen LogP contribution in [-0.4, -0.2) is 17.0 Å². The standard InChI is InChI=1S/C21H34N2O3/c1-3-5-7-9-11-16(12-10-8-6-4-2)20(24)23-19-15-17(21(25)26)13-14-18(19)22/h13-16H,3-12,22H2,1-2H3,(H,23,24)(H,25,26). The average Bonchev–Trinajstić information content (AvgIpc) is 2.61. The Morgan fingerprint density at radius 3 is 2.08 bits per heavy atom. The lowest BCUT2D eigenvalue weighted by molar-refractivity contribution is -0.120. The van der Waals surface area contributed by atoms with E-state index < -0.39 is 5.97 Å². The van der Waals surface area contributed by atoms with Gasteiger partial charge in [0, 0.05) is 5.92 Å². The SMILES string of the molecule is CCCCCCC(CCCCCC)C(=O)Nc1cc(C(=O)O)ccc1N. The average molecular weight is 363 g/mol. The second-order valence-corrected chi connectivity index (χ2v) is 6.99. The highest BCUT2D eigenvalue weighted by Crippen LogP contribution is 2.24. The smallest absolute Gasteiger partial charge is 0.335 e. The predicted octanol–water partition coefficient (Wildman–Crippen LogP) is 5.46. The van der Waals surface area contributed by atoms with Gasteiger partial charge in [-0.1, -0.05) is 65.2 Å².